The predicted octanol–water partition coefficient (Wildman–Crippen LogP) is 2.34. The van der Waals surface area contributed by atoms with Gasteiger partial charge in [-0.3, -0.25) is 14.4 Å². The number of rotatable bonds is 7. The predicted molar refractivity (Wildman–Crippen MR) is 125 cm³/mol. The first-order chi connectivity index (χ1) is 14.1. The topological polar surface area (TPSA) is 120 Å². The lowest BCUT2D eigenvalue weighted by atomic mass is 10.1. The maximum atomic E-state index is 13.2. The highest BCUT2D eigenvalue weighted by Gasteiger charge is 2.35. The van der Waals surface area contributed by atoms with E-state index >= 15 is 0 Å². The number of hydrogen-bond acceptors (Lipinski definition) is 6. The molecule has 11 heteroatoms. The van der Waals surface area contributed by atoms with Crippen LogP contribution in [-0.2, 0) is 23.3 Å². The summed E-state index contributed by atoms with van der Waals surface area (Å²) in [6, 6.07) is 0.954. The van der Waals surface area contributed by atoms with Gasteiger partial charge in [0.25, 0.3) is 17.4 Å². The number of nitrogens with two attached hydrogens (primary N) is 1. The summed E-state index contributed by atoms with van der Waals surface area (Å²) in [7, 11) is 0.315. The number of aliphatic hydroxyl groups is 1. The van der Waals surface area contributed by atoms with Crippen molar-refractivity contribution in [2.75, 3.05) is 6.61 Å². The summed E-state index contributed by atoms with van der Waals surface area (Å²) < 4.78 is 9.38. The molecule has 2 aromatic rings. The summed E-state index contributed by atoms with van der Waals surface area (Å²) in [4.78, 5) is 38.5. The Morgan fingerprint density at radius 3 is 2.42 bits per heavy atom. The highest BCUT2D eigenvalue weighted by molar-refractivity contribution is 9.10. The van der Waals surface area contributed by atoms with Crippen LogP contribution in [0.5, 0.6) is 0 Å². The van der Waals surface area contributed by atoms with Crippen LogP contribution in [0.2, 0.25) is 25.7 Å². The molecule has 172 valence electrons. The fraction of sp³-hybridized carbons (Fsp3) is 0.550. The normalized spacial score (nSPS) is 12.5. The first-order valence-electron chi connectivity index (χ1n) is 9.89. The van der Waals surface area contributed by atoms with Gasteiger partial charge in [0.1, 0.15) is 17.8 Å². The highest BCUT2D eigenvalue weighted by atomic mass is 79.9. The van der Waals surface area contributed by atoms with Gasteiger partial charge < -0.3 is 19.0 Å². The molecule has 0 aliphatic carbocycles. The molecule has 0 unspecified atom stereocenters. The molecule has 2 heterocycles. The lowest BCUT2D eigenvalue weighted by molar-refractivity contribution is -0.145. The van der Waals surface area contributed by atoms with E-state index in [1.54, 1.807) is 24.7 Å². The zero-order chi connectivity index (χ0) is 23.9. The Kier molecular flexibility index (Phi) is 7.38. The molecule has 0 aliphatic heterocycles. The molecule has 0 spiro atoms. The van der Waals surface area contributed by atoms with Gasteiger partial charge in [0.15, 0.2) is 0 Å². The molecule has 0 bridgehead atoms. The minimum absolute atomic E-state index is 0.0792. The zero-order valence-corrected chi connectivity index (χ0v) is 21.7. The summed E-state index contributed by atoms with van der Waals surface area (Å²) in [5.74, 6) is 4.01. The molecule has 0 radical (unpaired) electrons. The van der Waals surface area contributed by atoms with E-state index < -0.39 is 25.5 Å². The molecule has 0 fully saturated rings. The van der Waals surface area contributed by atoms with Crippen LogP contribution in [0.15, 0.2) is 15.5 Å². The van der Waals surface area contributed by atoms with Crippen molar-refractivity contribution < 1.29 is 19.4 Å². The molecule has 9 nitrogen and oxygen atoms in total. The molecule has 0 atom stereocenters. The monoisotopic (exact) mass is 514 g/mol. The van der Waals surface area contributed by atoms with E-state index in [0.29, 0.717) is 27.2 Å². The third kappa shape index (κ3) is 5.34. The van der Waals surface area contributed by atoms with Gasteiger partial charge >= 0.3 is 0 Å². The number of fused-ring (bicyclic) bond motifs is 1. The van der Waals surface area contributed by atoms with Gasteiger partial charge in [-0.2, -0.15) is 0 Å². The van der Waals surface area contributed by atoms with Crippen molar-refractivity contribution in [1.29, 1.82) is 0 Å². The van der Waals surface area contributed by atoms with Crippen molar-refractivity contribution in [3.63, 3.8) is 0 Å². The molecular formula is C20H31BrN4O5Si. The van der Waals surface area contributed by atoms with E-state index in [0.717, 1.165) is 6.04 Å². The molecule has 2 rings (SSSR count). The van der Waals surface area contributed by atoms with E-state index in [-0.39, 0.29) is 23.4 Å². The number of aromatic nitrogens is 2. The van der Waals surface area contributed by atoms with Crippen molar-refractivity contribution >= 4 is 46.7 Å². The molecule has 0 aliphatic rings. The molecule has 3 N–H and O–H groups in total. The molecule has 31 heavy (non-hydrogen) atoms. The molecule has 0 saturated carbocycles. The van der Waals surface area contributed by atoms with Crippen LogP contribution in [0.4, 0.5) is 0 Å². The number of nitrogens with zero attached hydrogens (tertiary/aromatic N) is 3. The Morgan fingerprint density at radius 2 is 1.90 bits per heavy atom. The van der Waals surface area contributed by atoms with E-state index in [1.807, 2.05) is 0 Å². The smallest absolute Gasteiger partial charge is 0.277 e. The number of carbonyl (C=O) groups excluding carboxylic acids is 2. The Bertz CT molecular complexity index is 1080. The third-order valence-electron chi connectivity index (χ3n) is 4.98. The number of ether oxygens (including phenoxy) is 1. The highest BCUT2D eigenvalue weighted by Crippen LogP contribution is 2.31. The average Bonchev–Trinajstić information content (AvgIpc) is 2.93. The van der Waals surface area contributed by atoms with Gasteiger partial charge in [0, 0.05) is 43.5 Å². The second-order valence-electron chi connectivity index (χ2n) is 9.39. The number of aryl methyl sites for hydroxylation is 1. The molecular weight excluding hydrogens is 484 g/mol. The van der Waals surface area contributed by atoms with Crippen LogP contribution < -0.4 is 11.4 Å². The number of amides is 2. The van der Waals surface area contributed by atoms with Crippen LogP contribution in [0.25, 0.3) is 10.9 Å². The van der Waals surface area contributed by atoms with Gasteiger partial charge in [-0.15, -0.1) is 0 Å². The summed E-state index contributed by atoms with van der Waals surface area (Å²) >= 11 is 3.43. The minimum Gasteiger partial charge on any atom is -0.381 e. The molecule has 2 amide bonds. The second kappa shape index (κ2) is 8.98. The lowest BCUT2D eigenvalue weighted by Gasteiger charge is -2.23. The standard InChI is InChI=1S/C20H31BrN4O5Si/c1-12-14(17(26)25(22)19(28)20(2,3)29)15-13(21)10-23(4)18(27)16(15)24(12)11-30-8-9-31(5,6)7/h10,29H,8-9,11,22H2,1-7H3. The fourth-order valence-electron chi connectivity index (χ4n) is 3.12. The van der Waals surface area contributed by atoms with Crippen molar-refractivity contribution in [3.05, 3.63) is 32.3 Å². The average molecular weight is 515 g/mol. The van der Waals surface area contributed by atoms with Gasteiger partial charge in [0.05, 0.1) is 5.56 Å². The number of pyridine rings is 1. The van der Waals surface area contributed by atoms with E-state index in [1.165, 1.54) is 18.4 Å². The maximum Gasteiger partial charge on any atom is 0.277 e. The maximum absolute atomic E-state index is 13.2. The number of imide groups is 1. The van der Waals surface area contributed by atoms with Crippen molar-refractivity contribution in [3.8, 4) is 0 Å². The largest absolute Gasteiger partial charge is 0.381 e. The van der Waals surface area contributed by atoms with Crippen LogP contribution in [-0.4, -0.2) is 51.3 Å². The Labute approximate surface area is 190 Å². The van der Waals surface area contributed by atoms with Crippen molar-refractivity contribution in [2.45, 2.75) is 58.8 Å². The summed E-state index contributed by atoms with van der Waals surface area (Å²) in [6.45, 7) is 11.5. The summed E-state index contributed by atoms with van der Waals surface area (Å²) in [5.41, 5.74) is -1.32. The molecule has 0 aromatic carbocycles. The number of hydrazine groups is 1. The molecule has 2 aromatic heterocycles. The number of hydrogen-bond donors (Lipinski definition) is 2. The Morgan fingerprint density at radius 1 is 1.32 bits per heavy atom. The van der Waals surface area contributed by atoms with Crippen LogP contribution in [0.1, 0.15) is 29.9 Å². The van der Waals surface area contributed by atoms with Crippen LogP contribution in [0, 0.1) is 6.92 Å². The second-order valence-corrected chi connectivity index (χ2v) is 15.9. The van der Waals surface area contributed by atoms with E-state index in [2.05, 4.69) is 35.6 Å². The van der Waals surface area contributed by atoms with Crippen LogP contribution >= 0.6 is 15.9 Å². The van der Waals surface area contributed by atoms with Crippen molar-refractivity contribution in [1.82, 2.24) is 14.1 Å². The molecule has 0 saturated heterocycles. The van der Waals surface area contributed by atoms with Gasteiger partial charge in [-0.25, -0.2) is 10.9 Å². The SMILES string of the molecule is Cc1c(C(=O)N(N)C(=O)C(C)(C)O)c2c(Br)cn(C)c(=O)c2n1COCC[Si](C)(C)C. The van der Waals surface area contributed by atoms with Crippen molar-refractivity contribution in [2.24, 2.45) is 12.9 Å². The minimum atomic E-state index is -1.83. The zero-order valence-electron chi connectivity index (χ0n) is 19.1. The fourth-order valence-corrected chi connectivity index (χ4v) is 4.57. The van der Waals surface area contributed by atoms with Gasteiger partial charge in [-0.05, 0) is 42.7 Å². The first kappa shape index (κ1) is 25.5. The first-order valence-corrected chi connectivity index (χ1v) is 14.4. The Hall–Kier alpha value is -1.79. The van der Waals surface area contributed by atoms with Gasteiger partial charge in [-0.1, -0.05) is 19.6 Å². The van der Waals surface area contributed by atoms with Gasteiger partial charge in [0.2, 0.25) is 0 Å². The number of carbonyl (C=O) groups is 2. The number of halogens is 1. The van der Waals surface area contributed by atoms with E-state index in [4.69, 9.17) is 10.6 Å². The van der Waals surface area contributed by atoms with E-state index in [9.17, 15) is 19.5 Å². The lowest BCUT2D eigenvalue weighted by Crippen LogP contribution is -2.52. The third-order valence-corrected chi connectivity index (χ3v) is 7.29. The Balaban J connectivity index is 2.61. The summed E-state index contributed by atoms with van der Waals surface area (Å²) in [6.07, 6.45) is 1.55. The summed E-state index contributed by atoms with van der Waals surface area (Å²) in [5, 5.41) is 10.7. The quantitative estimate of drug-likeness (QED) is 0.192. The van der Waals surface area contributed by atoms with Crippen LogP contribution in [0.3, 0.4) is 0 Å².